The van der Waals surface area contributed by atoms with Gasteiger partial charge in [-0.15, -0.1) is 0 Å². The fraction of sp³-hybridized carbons (Fsp3) is 0.188. The number of rotatable bonds is 6. The van der Waals surface area contributed by atoms with Crippen LogP contribution in [0, 0.1) is 10.1 Å². The number of nitrogens with zero attached hydrogens (tertiary/aromatic N) is 3. The number of nitro groups is 1. The number of hydrogen-bond donors (Lipinski definition) is 1. The summed E-state index contributed by atoms with van der Waals surface area (Å²) in [6.07, 6.45) is 0. The maximum absolute atomic E-state index is 12.0. The van der Waals surface area contributed by atoms with Crippen molar-refractivity contribution in [2.45, 2.75) is 11.8 Å². The van der Waals surface area contributed by atoms with Gasteiger partial charge in [-0.05, 0) is 30.7 Å². The molecule has 0 atom stereocenters. The van der Waals surface area contributed by atoms with E-state index in [-0.39, 0.29) is 10.6 Å². The Hall–Kier alpha value is -2.78. The molecule has 0 aromatic heterocycles. The number of hydrogen-bond acceptors (Lipinski definition) is 6. The van der Waals surface area contributed by atoms with Crippen molar-refractivity contribution in [1.82, 2.24) is 4.31 Å². The second-order valence-corrected chi connectivity index (χ2v) is 7.58. The van der Waals surface area contributed by atoms with E-state index in [2.05, 4.69) is 10.5 Å². The Kier molecular flexibility index (Phi) is 5.50. The first-order valence-electron chi connectivity index (χ1n) is 7.29. The summed E-state index contributed by atoms with van der Waals surface area (Å²) in [6, 6.07) is 12.3. The van der Waals surface area contributed by atoms with Gasteiger partial charge < -0.3 is 0 Å². The van der Waals surface area contributed by atoms with Crippen LogP contribution in [0.25, 0.3) is 0 Å². The van der Waals surface area contributed by atoms with Gasteiger partial charge in [0.05, 0.1) is 21.2 Å². The predicted molar refractivity (Wildman–Crippen MR) is 96.2 cm³/mol. The Balaban J connectivity index is 2.18. The molecule has 2 aromatic carbocycles. The molecule has 0 aliphatic carbocycles. The highest BCUT2D eigenvalue weighted by Crippen LogP contribution is 2.18. The summed E-state index contributed by atoms with van der Waals surface area (Å²) < 4.78 is 25.2. The summed E-state index contributed by atoms with van der Waals surface area (Å²) in [4.78, 5) is 10.5. The second-order valence-electron chi connectivity index (χ2n) is 5.43. The molecule has 0 aliphatic rings. The number of anilines is 1. The molecule has 0 aliphatic heterocycles. The number of benzene rings is 2. The van der Waals surface area contributed by atoms with Gasteiger partial charge in [-0.2, -0.15) is 5.10 Å². The van der Waals surface area contributed by atoms with Gasteiger partial charge in [0.2, 0.25) is 10.0 Å². The van der Waals surface area contributed by atoms with E-state index in [0.717, 1.165) is 9.87 Å². The summed E-state index contributed by atoms with van der Waals surface area (Å²) in [6.45, 7) is 1.75. The van der Waals surface area contributed by atoms with E-state index < -0.39 is 14.9 Å². The smallest absolute Gasteiger partial charge is 0.271 e. The SMILES string of the molecule is C/C(=N/Nc1cccc([N+](=O)[O-])c1)c1ccc(S(=O)(=O)N(C)C)cc1. The van der Waals surface area contributed by atoms with Crippen molar-refractivity contribution in [3.8, 4) is 0 Å². The van der Waals surface area contributed by atoms with Crippen molar-refractivity contribution in [3.05, 3.63) is 64.2 Å². The first kappa shape index (κ1) is 18.6. The fourth-order valence-electron chi connectivity index (χ4n) is 1.98. The fourth-order valence-corrected chi connectivity index (χ4v) is 2.88. The summed E-state index contributed by atoms with van der Waals surface area (Å²) >= 11 is 0. The lowest BCUT2D eigenvalue weighted by molar-refractivity contribution is -0.384. The van der Waals surface area contributed by atoms with E-state index in [4.69, 9.17) is 0 Å². The number of hydrazone groups is 1. The normalized spacial score (nSPS) is 12.2. The number of nitro benzene ring substituents is 1. The van der Waals surface area contributed by atoms with Crippen LogP contribution in [0.15, 0.2) is 58.5 Å². The van der Waals surface area contributed by atoms with Gasteiger partial charge in [-0.3, -0.25) is 15.5 Å². The zero-order valence-electron chi connectivity index (χ0n) is 14.0. The van der Waals surface area contributed by atoms with Crippen LogP contribution in [-0.2, 0) is 10.0 Å². The minimum Gasteiger partial charge on any atom is -0.278 e. The van der Waals surface area contributed by atoms with Crippen LogP contribution < -0.4 is 5.43 Å². The van der Waals surface area contributed by atoms with Gasteiger partial charge in [0.1, 0.15) is 0 Å². The summed E-state index contributed by atoms with van der Waals surface area (Å²) in [7, 11) is -0.531. The molecule has 2 rings (SSSR count). The van der Waals surface area contributed by atoms with Crippen molar-refractivity contribution in [3.63, 3.8) is 0 Å². The van der Waals surface area contributed by atoms with Crippen LogP contribution in [0.1, 0.15) is 12.5 Å². The summed E-state index contributed by atoms with van der Waals surface area (Å²) in [5.74, 6) is 0. The molecule has 2 aromatic rings. The maximum atomic E-state index is 12.0. The minimum atomic E-state index is -3.47. The van der Waals surface area contributed by atoms with Gasteiger partial charge in [0, 0.05) is 26.2 Å². The molecule has 132 valence electrons. The average molecular weight is 362 g/mol. The van der Waals surface area contributed by atoms with Crippen LogP contribution in [0.2, 0.25) is 0 Å². The highest BCUT2D eigenvalue weighted by atomic mass is 32.2. The molecule has 0 fully saturated rings. The first-order valence-corrected chi connectivity index (χ1v) is 8.73. The Labute approximate surface area is 146 Å². The maximum Gasteiger partial charge on any atom is 0.271 e. The largest absolute Gasteiger partial charge is 0.278 e. The van der Waals surface area contributed by atoms with Crippen LogP contribution >= 0.6 is 0 Å². The van der Waals surface area contributed by atoms with Gasteiger partial charge in [-0.1, -0.05) is 18.2 Å². The molecule has 9 heteroatoms. The third-order valence-electron chi connectivity index (χ3n) is 3.46. The lowest BCUT2D eigenvalue weighted by Crippen LogP contribution is -2.22. The molecule has 0 spiro atoms. The highest BCUT2D eigenvalue weighted by molar-refractivity contribution is 7.89. The molecule has 0 unspecified atom stereocenters. The van der Waals surface area contributed by atoms with E-state index >= 15 is 0 Å². The monoisotopic (exact) mass is 362 g/mol. The van der Waals surface area contributed by atoms with Gasteiger partial charge in [0.25, 0.3) is 5.69 Å². The van der Waals surface area contributed by atoms with Gasteiger partial charge >= 0.3 is 0 Å². The van der Waals surface area contributed by atoms with E-state index in [9.17, 15) is 18.5 Å². The Morgan fingerprint density at radius 1 is 1.16 bits per heavy atom. The standard InChI is InChI=1S/C16H18N4O4S/c1-12(17-18-14-5-4-6-15(11-14)20(21)22)13-7-9-16(10-8-13)25(23,24)19(2)3/h4-11,18H,1-3H3/b17-12-. The van der Waals surface area contributed by atoms with E-state index in [0.29, 0.717) is 11.4 Å². The third kappa shape index (κ3) is 4.40. The number of nitrogens with one attached hydrogen (secondary N) is 1. The molecule has 1 N–H and O–H groups in total. The average Bonchev–Trinajstić information content (AvgIpc) is 2.59. The number of non-ortho nitro benzene ring substituents is 1. The molecular weight excluding hydrogens is 344 g/mol. The van der Waals surface area contributed by atoms with Crippen molar-refractivity contribution >= 4 is 27.1 Å². The molecule has 0 heterocycles. The minimum absolute atomic E-state index is 0.0314. The van der Waals surface area contributed by atoms with Crippen molar-refractivity contribution in [2.24, 2.45) is 5.10 Å². The van der Waals surface area contributed by atoms with Crippen LogP contribution in [0.4, 0.5) is 11.4 Å². The van der Waals surface area contributed by atoms with Crippen LogP contribution in [-0.4, -0.2) is 37.5 Å². The summed E-state index contributed by atoms with van der Waals surface area (Å²) in [5.41, 5.74) is 4.56. The van der Waals surface area contributed by atoms with Crippen LogP contribution in [0.5, 0.6) is 0 Å². The van der Waals surface area contributed by atoms with E-state index in [1.165, 1.54) is 38.4 Å². The first-order chi connectivity index (χ1) is 11.7. The van der Waals surface area contributed by atoms with E-state index in [1.807, 2.05) is 0 Å². The second kappa shape index (κ2) is 7.41. The van der Waals surface area contributed by atoms with Crippen LogP contribution in [0.3, 0.4) is 0 Å². The Morgan fingerprint density at radius 3 is 2.36 bits per heavy atom. The molecule has 0 saturated carbocycles. The van der Waals surface area contributed by atoms with Crippen molar-refractivity contribution in [2.75, 3.05) is 19.5 Å². The third-order valence-corrected chi connectivity index (χ3v) is 5.29. The molecule has 8 nitrogen and oxygen atoms in total. The van der Waals surface area contributed by atoms with E-state index in [1.54, 1.807) is 31.2 Å². The lowest BCUT2D eigenvalue weighted by Gasteiger charge is -2.11. The Morgan fingerprint density at radius 2 is 1.80 bits per heavy atom. The lowest BCUT2D eigenvalue weighted by atomic mass is 10.1. The molecule has 0 saturated heterocycles. The predicted octanol–water partition coefficient (Wildman–Crippen LogP) is 2.68. The summed E-state index contributed by atoms with van der Waals surface area (Å²) in [5, 5.41) is 14.9. The molecule has 0 radical (unpaired) electrons. The highest BCUT2D eigenvalue weighted by Gasteiger charge is 2.16. The van der Waals surface area contributed by atoms with Gasteiger partial charge in [0.15, 0.2) is 0 Å². The molecular formula is C16H18N4O4S. The topological polar surface area (TPSA) is 105 Å². The zero-order valence-corrected chi connectivity index (χ0v) is 14.8. The zero-order chi connectivity index (χ0) is 18.6. The quantitative estimate of drug-likeness (QED) is 0.483. The van der Waals surface area contributed by atoms with Crippen molar-refractivity contribution in [1.29, 1.82) is 0 Å². The van der Waals surface area contributed by atoms with Gasteiger partial charge in [-0.25, -0.2) is 12.7 Å². The molecule has 0 bridgehead atoms. The molecule has 25 heavy (non-hydrogen) atoms. The number of sulfonamides is 1. The molecule has 0 amide bonds. The van der Waals surface area contributed by atoms with Crippen molar-refractivity contribution < 1.29 is 13.3 Å². The Bertz CT molecular complexity index is 906.